The maximum Gasteiger partial charge on any atom is 0.271 e. The summed E-state index contributed by atoms with van der Waals surface area (Å²) in [6.07, 6.45) is 0.356. The molecule has 0 bridgehead atoms. The van der Waals surface area contributed by atoms with Gasteiger partial charge in [-0.15, -0.1) is 0 Å². The Kier molecular flexibility index (Phi) is 3.72. The topological polar surface area (TPSA) is 89.7 Å². The lowest BCUT2D eigenvalue weighted by atomic mass is 10.0. The van der Waals surface area contributed by atoms with E-state index in [4.69, 9.17) is 10.5 Å². The molecular weight excluding hydrogens is 272 g/mol. The molecule has 21 heavy (non-hydrogen) atoms. The van der Waals surface area contributed by atoms with E-state index >= 15 is 0 Å². The lowest BCUT2D eigenvalue weighted by molar-refractivity contribution is -0.133. The van der Waals surface area contributed by atoms with Gasteiger partial charge in [0.05, 0.1) is 5.69 Å². The van der Waals surface area contributed by atoms with E-state index in [-0.39, 0.29) is 18.2 Å². The van der Waals surface area contributed by atoms with Gasteiger partial charge < -0.3 is 10.5 Å². The van der Waals surface area contributed by atoms with Gasteiger partial charge in [0.1, 0.15) is 12.3 Å². The SMILES string of the molecule is CCC(=O)c1ccc2c(c1)N(CC(N)=O)C(=O)C(C)(C)O2. The third-order valence-corrected chi connectivity index (χ3v) is 3.33. The van der Waals surface area contributed by atoms with Crippen molar-refractivity contribution < 1.29 is 19.1 Å². The van der Waals surface area contributed by atoms with Gasteiger partial charge in [0.2, 0.25) is 5.91 Å². The zero-order valence-corrected chi connectivity index (χ0v) is 12.3. The highest BCUT2D eigenvalue weighted by atomic mass is 16.5. The normalized spacial score (nSPS) is 16.1. The van der Waals surface area contributed by atoms with Crippen LogP contribution in [0.2, 0.25) is 0 Å². The van der Waals surface area contributed by atoms with Crippen molar-refractivity contribution in [1.29, 1.82) is 0 Å². The fourth-order valence-corrected chi connectivity index (χ4v) is 2.26. The molecule has 0 atom stereocenters. The van der Waals surface area contributed by atoms with Crippen molar-refractivity contribution in [2.45, 2.75) is 32.8 Å². The van der Waals surface area contributed by atoms with Crippen LogP contribution in [0.3, 0.4) is 0 Å². The second kappa shape index (κ2) is 5.20. The Labute approximate surface area is 122 Å². The lowest BCUT2D eigenvalue weighted by Gasteiger charge is -2.38. The standard InChI is InChI=1S/C15H18N2O4/c1-4-11(18)9-5-6-12-10(7-9)17(8-13(16)19)14(20)15(2,3)21-12/h5-7H,4,8H2,1-3H3,(H2,16,19). The molecule has 112 valence electrons. The van der Waals surface area contributed by atoms with Crippen molar-refractivity contribution >= 4 is 23.3 Å². The smallest absolute Gasteiger partial charge is 0.271 e. The molecule has 6 heteroatoms. The maximum absolute atomic E-state index is 12.4. The number of anilines is 1. The molecule has 0 saturated heterocycles. The number of ketones is 1. The van der Waals surface area contributed by atoms with Crippen LogP contribution < -0.4 is 15.4 Å². The lowest BCUT2D eigenvalue weighted by Crippen LogP contribution is -2.54. The van der Waals surface area contributed by atoms with E-state index in [0.717, 1.165) is 0 Å². The Bertz CT molecular complexity index is 622. The minimum absolute atomic E-state index is 0.0471. The van der Waals surface area contributed by atoms with Gasteiger partial charge in [-0.3, -0.25) is 19.3 Å². The second-order valence-electron chi connectivity index (χ2n) is 5.43. The number of nitrogens with zero attached hydrogens (tertiary/aromatic N) is 1. The molecule has 0 aliphatic carbocycles. The first kappa shape index (κ1) is 15.0. The van der Waals surface area contributed by atoms with Crippen molar-refractivity contribution in [2.24, 2.45) is 5.73 Å². The van der Waals surface area contributed by atoms with Crippen molar-refractivity contribution in [3.8, 4) is 5.75 Å². The Morgan fingerprint density at radius 2 is 2.00 bits per heavy atom. The molecule has 1 aliphatic rings. The van der Waals surface area contributed by atoms with Crippen LogP contribution in [0.1, 0.15) is 37.6 Å². The quantitative estimate of drug-likeness (QED) is 0.845. The minimum atomic E-state index is -1.08. The molecule has 2 rings (SSSR count). The Morgan fingerprint density at radius 3 is 2.57 bits per heavy atom. The van der Waals surface area contributed by atoms with E-state index in [2.05, 4.69) is 0 Å². The number of amides is 2. The van der Waals surface area contributed by atoms with Crippen molar-refractivity contribution in [3.05, 3.63) is 23.8 Å². The van der Waals surface area contributed by atoms with E-state index in [1.807, 2.05) is 0 Å². The largest absolute Gasteiger partial charge is 0.476 e. The van der Waals surface area contributed by atoms with Crippen LogP contribution in [0.5, 0.6) is 5.75 Å². The highest BCUT2D eigenvalue weighted by molar-refractivity contribution is 6.07. The zero-order chi connectivity index (χ0) is 15.8. The molecule has 6 nitrogen and oxygen atoms in total. The number of benzene rings is 1. The van der Waals surface area contributed by atoms with Gasteiger partial charge in [-0.2, -0.15) is 0 Å². The Morgan fingerprint density at radius 1 is 1.33 bits per heavy atom. The fraction of sp³-hybridized carbons (Fsp3) is 0.400. The van der Waals surface area contributed by atoms with E-state index in [1.165, 1.54) is 4.90 Å². The third kappa shape index (κ3) is 2.74. The summed E-state index contributed by atoms with van der Waals surface area (Å²) in [7, 11) is 0. The average Bonchev–Trinajstić information content (AvgIpc) is 2.42. The van der Waals surface area contributed by atoms with Gasteiger partial charge in [-0.05, 0) is 32.0 Å². The highest BCUT2D eigenvalue weighted by Crippen LogP contribution is 2.38. The summed E-state index contributed by atoms with van der Waals surface area (Å²) in [5.74, 6) is -0.586. The molecular formula is C15H18N2O4. The first-order chi connectivity index (χ1) is 9.76. The molecule has 0 fully saturated rings. The van der Waals surface area contributed by atoms with Crippen LogP contribution in [0.15, 0.2) is 18.2 Å². The van der Waals surface area contributed by atoms with Crippen molar-refractivity contribution in [3.63, 3.8) is 0 Å². The molecule has 1 heterocycles. The predicted molar refractivity (Wildman–Crippen MR) is 77.3 cm³/mol. The molecule has 1 aromatic rings. The Balaban J connectivity index is 2.53. The van der Waals surface area contributed by atoms with Gasteiger partial charge in [0.15, 0.2) is 11.4 Å². The number of fused-ring (bicyclic) bond motifs is 1. The maximum atomic E-state index is 12.4. The van der Waals surface area contributed by atoms with Gasteiger partial charge >= 0.3 is 0 Å². The first-order valence-electron chi connectivity index (χ1n) is 6.72. The summed E-state index contributed by atoms with van der Waals surface area (Å²) in [5.41, 5.74) is 5.00. The number of hydrogen-bond acceptors (Lipinski definition) is 4. The summed E-state index contributed by atoms with van der Waals surface area (Å²) in [6, 6.07) is 4.86. The number of carbonyl (C=O) groups is 3. The molecule has 0 spiro atoms. The summed E-state index contributed by atoms with van der Waals surface area (Å²) >= 11 is 0. The number of ether oxygens (including phenoxy) is 1. The molecule has 2 N–H and O–H groups in total. The van der Waals surface area contributed by atoms with E-state index in [0.29, 0.717) is 23.4 Å². The minimum Gasteiger partial charge on any atom is -0.476 e. The summed E-state index contributed by atoms with van der Waals surface area (Å²) in [6.45, 7) is 4.75. The molecule has 2 amide bonds. The number of Topliss-reactive ketones (excluding diaryl/α,β-unsaturated/α-hetero) is 1. The van der Waals surface area contributed by atoms with Crippen LogP contribution in [-0.4, -0.2) is 29.7 Å². The number of hydrogen-bond donors (Lipinski definition) is 1. The molecule has 1 aliphatic heterocycles. The van der Waals surface area contributed by atoms with Crippen LogP contribution in [0.4, 0.5) is 5.69 Å². The van der Waals surface area contributed by atoms with E-state index < -0.39 is 11.5 Å². The number of rotatable bonds is 4. The first-order valence-corrected chi connectivity index (χ1v) is 6.72. The van der Waals surface area contributed by atoms with E-state index in [1.54, 1.807) is 39.0 Å². The molecule has 0 saturated carbocycles. The van der Waals surface area contributed by atoms with Crippen molar-refractivity contribution in [1.82, 2.24) is 0 Å². The fourth-order valence-electron chi connectivity index (χ4n) is 2.26. The molecule has 0 radical (unpaired) electrons. The monoisotopic (exact) mass is 290 g/mol. The second-order valence-corrected chi connectivity index (χ2v) is 5.43. The van der Waals surface area contributed by atoms with Gasteiger partial charge in [-0.1, -0.05) is 6.92 Å². The molecule has 1 aromatic carbocycles. The van der Waals surface area contributed by atoms with Crippen LogP contribution in [-0.2, 0) is 9.59 Å². The predicted octanol–water partition coefficient (Wildman–Crippen LogP) is 1.27. The van der Waals surface area contributed by atoms with Crippen LogP contribution in [0.25, 0.3) is 0 Å². The number of primary amides is 1. The summed E-state index contributed by atoms with van der Waals surface area (Å²) in [5, 5.41) is 0. The molecule has 0 aromatic heterocycles. The molecule has 0 unspecified atom stereocenters. The number of nitrogens with two attached hydrogens (primary N) is 1. The van der Waals surface area contributed by atoms with Crippen molar-refractivity contribution in [2.75, 3.05) is 11.4 Å². The van der Waals surface area contributed by atoms with Crippen LogP contribution in [0, 0.1) is 0 Å². The zero-order valence-electron chi connectivity index (χ0n) is 12.3. The third-order valence-electron chi connectivity index (χ3n) is 3.33. The highest BCUT2D eigenvalue weighted by Gasteiger charge is 2.41. The van der Waals surface area contributed by atoms with Gasteiger partial charge in [-0.25, -0.2) is 0 Å². The average molecular weight is 290 g/mol. The summed E-state index contributed by atoms with van der Waals surface area (Å²) < 4.78 is 5.66. The van der Waals surface area contributed by atoms with E-state index in [9.17, 15) is 14.4 Å². The Hall–Kier alpha value is -2.37. The van der Waals surface area contributed by atoms with Crippen LogP contribution >= 0.6 is 0 Å². The summed E-state index contributed by atoms with van der Waals surface area (Å²) in [4.78, 5) is 36.7. The number of carbonyl (C=O) groups excluding carboxylic acids is 3. The van der Waals surface area contributed by atoms with Gasteiger partial charge in [0.25, 0.3) is 5.91 Å². The van der Waals surface area contributed by atoms with Gasteiger partial charge in [0, 0.05) is 12.0 Å².